The van der Waals surface area contributed by atoms with E-state index >= 15 is 0 Å². The Hall–Kier alpha value is -0.660. The van der Waals surface area contributed by atoms with E-state index in [0.29, 0.717) is 11.8 Å². The van der Waals surface area contributed by atoms with E-state index in [-0.39, 0.29) is 0 Å². The van der Waals surface area contributed by atoms with Gasteiger partial charge in [-0.2, -0.15) is 0 Å². The highest BCUT2D eigenvalue weighted by molar-refractivity contribution is 5.11. The molecule has 0 amide bonds. The molecule has 1 aliphatic heterocycles. The molecule has 2 atom stereocenters. The van der Waals surface area contributed by atoms with E-state index in [4.69, 9.17) is 9.47 Å². The molecule has 0 saturated heterocycles. The highest BCUT2D eigenvalue weighted by atomic mass is 16.6. The molecule has 2 aliphatic rings. The van der Waals surface area contributed by atoms with Gasteiger partial charge in [0.15, 0.2) is 0 Å². The molecule has 0 aromatic carbocycles. The lowest BCUT2D eigenvalue weighted by molar-refractivity contribution is 0.0247. The molecule has 0 saturated carbocycles. The number of allylic oxidation sites excluding steroid dienone is 2. The molecule has 22 heavy (non-hydrogen) atoms. The molecule has 0 bridgehead atoms. The van der Waals surface area contributed by atoms with Crippen molar-refractivity contribution in [1.29, 1.82) is 0 Å². The molecular weight excluding hydrogens is 272 g/mol. The predicted octanol–water partition coefficient (Wildman–Crippen LogP) is 6.21. The highest BCUT2D eigenvalue weighted by Crippen LogP contribution is 2.37. The van der Waals surface area contributed by atoms with Gasteiger partial charge in [-0.1, -0.05) is 65.2 Å². The van der Waals surface area contributed by atoms with Crippen molar-refractivity contribution in [2.45, 2.75) is 90.9 Å². The summed E-state index contributed by atoms with van der Waals surface area (Å²) in [6.07, 6.45) is 15.8. The maximum Gasteiger partial charge on any atom is 0.137 e. The van der Waals surface area contributed by atoms with E-state index < -0.39 is 0 Å². The van der Waals surface area contributed by atoms with Crippen LogP contribution in [-0.4, -0.2) is 13.2 Å². The van der Waals surface area contributed by atoms with Gasteiger partial charge in [0.25, 0.3) is 0 Å². The zero-order chi connectivity index (χ0) is 15.6. The van der Waals surface area contributed by atoms with Crippen LogP contribution in [-0.2, 0) is 9.47 Å². The van der Waals surface area contributed by atoms with Crippen LogP contribution in [0.5, 0.6) is 0 Å². The molecule has 2 unspecified atom stereocenters. The van der Waals surface area contributed by atoms with Gasteiger partial charge in [0.1, 0.15) is 24.7 Å². The van der Waals surface area contributed by atoms with Crippen LogP contribution in [0.25, 0.3) is 0 Å². The molecule has 0 radical (unpaired) electrons. The minimum Gasteiger partial charge on any atom is -0.491 e. The standard InChI is InChI=1S/C20H36O2/c1-3-5-12-18-14-10-8-6-7-9-13-17(11-4-2)19-20(18)22-16-15-21-19/h17-18H,3-16H2,1-2H3. The average molecular weight is 309 g/mol. The molecule has 2 heteroatoms. The smallest absolute Gasteiger partial charge is 0.137 e. The largest absolute Gasteiger partial charge is 0.491 e. The van der Waals surface area contributed by atoms with Gasteiger partial charge in [0.05, 0.1) is 0 Å². The first-order valence-corrected chi connectivity index (χ1v) is 9.86. The normalized spacial score (nSPS) is 27.4. The fourth-order valence-corrected chi connectivity index (χ4v) is 4.01. The van der Waals surface area contributed by atoms with Crippen LogP contribution >= 0.6 is 0 Å². The number of rotatable bonds is 5. The van der Waals surface area contributed by atoms with E-state index in [2.05, 4.69) is 13.8 Å². The van der Waals surface area contributed by atoms with Crippen LogP contribution in [0.15, 0.2) is 11.5 Å². The molecule has 0 spiro atoms. The average Bonchev–Trinajstić information content (AvgIpc) is 2.58. The van der Waals surface area contributed by atoms with Crippen LogP contribution < -0.4 is 0 Å². The zero-order valence-corrected chi connectivity index (χ0v) is 14.9. The second kappa shape index (κ2) is 10.2. The summed E-state index contributed by atoms with van der Waals surface area (Å²) in [4.78, 5) is 0. The van der Waals surface area contributed by atoms with E-state index in [9.17, 15) is 0 Å². The van der Waals surface area contributed by atoms with E-state index in [0.717, 1.165) is 13.2 Å². The summed E-state index contributed by atoms with van der Waals surface area (Å²) >= 11 is 0. The summed E-state index contributed by atoms with van der Waals surface area (Å²) in [5, 5.41) is 0. The van der Waals surface area contributed by atoms with E-state index in [1.807, 2.05) is 0 Å². The first-order chi connectivity index (χ1) is 10.9. The van der Waals surface area contributed by atoms with Crippen molar-refractivity contribution in [3.8, 4) is 0 Å². The first kappa shape index (κ1) is 17.7. The minimum absolute atomic E-state index is 0.600. The number of unbranched alkanes of at least 4 members (excludes halogenated alkanes) is 1. The Bertz CT molecular complexity index is 335. The maximum atomic E-state index is 6.20. The monoisotopic (exact) mass is 308 g/mol. The summed E-state index contributed by atoms with van der Waals surface area (Å²) in [5.41, 5.74) is 0. The van der Waals surface area contributed by atoms with Gasteiger partial charge in [-0.15, -0.1) is 0 Å². The van der Waals surface area contributed by atoms with Crippen molar-refractivity contribution in [3.63, 3.8) is 0 Å². The van der Waals surface area contributed by atoms with Gasteiger partial charge in [0, 0.05) is 11.8 Å². The van der Waals surface area contributed by atoms with Gasteiger partial charge < -0.3 is 9.47 Å². The first-order valence-electron chi connectivity index (χ1n) is 9.86. The van der Waals surface area contributed by atoms with Crippen molar-refractivity contribution in [2.24, 2.45) is 11.8 Å². The lowest BCUT2D eigenvalue weighted by Crippen LogP contribution is -2.24. The third-order valence-electron chi connectivity index (χ3n) is 5.23. The van der Waals surface area contributed by atoms with E-state index in [1.54, 1.807) is 0 Å². The Balaban J connectivity index is 2.21. The number of ether oxygens (including phenoxy) is 2. The SMILES string of the molecule is CCCCC1CCCCCCCC(CCC)C2=C1OCCO2. The second-order valence-corrected chi connectivity index (χ2v) is 7.10. The van der Waals surface area contributed by atoms with Gasteiger partial charge in [-0.05, 0) is 25.7 Å². The van der Waals surface area contributed by atoms with Crippen molar-refractivity contribution in [1.82, 2.24) is 0 Å². The zero-order valence-electron chi connectivity index (χ0n) is 14.9. The summed E-state index contributed by atoms with van der Waals surface area (Å²) in [6.45, 7) is 6.09. The molecule has 1 aliphatic carbocycles. The molecule has 0 N–H and O–H groups in total. The molecule has 0 fully saturated rings. The van der Waals surface area contributed by atoms with Gasteiger partial charge >= 0.3 is 0 Å². The molecular formula is C20H36O2. The van der Waals surface area contributed by atoms with Gasteiger partial charge in [-0.25, -0.2) is 0 Å². The summed E-state index contributed by atoms with van der Waals surface area (Å²) < 4.78 is 12.4. The Labute approximate surface area is 137 Å². The van der Waals surface area contributed by atoms with Crippen LogP contribution in [0.3, 0.4) is 0 Å². The second-order valence-electron chi connectivity index (χ2n) is 7.10. The van der Waals surface area contributed by atoms with Crippen LogP contribution in [0.4, 0.5) is 0 Å². The predicted molar refractivity (Wildman–Crippen MR) is 92.7 cm³/mol. The summed E-state index contributed by atoms with van der Waals surface area (Å²) in [6, 6.07) is 0. The molecule has 128 valence electrons. The molecule has 0 aromatic rings. The lowest BCUT2D eigenvalue weighted by Gasteiger charge is -2.31. The Morgan fingerprint density at radius 2 is 1.27 bits per heavy atom. The topological polar surface area (TPSA) is 18.5 Å². The van der Waals surface area contributed by atoms with Crippen molar-refractivity contribution in [2.75, 3.05) is 13.2 Å². The Morgan fingerprint density at radius 3 is 1.82 bits per heavy atom. The molecule has 1 heterocycles. The number of hydrogen-bond acceptors (Lipinski definition) is 2. The van der Waals surface area contributed by atoms with Crippen LogP contribution in [0.2, 0.25) is 0 Å². The molecule has 0 aromatic heterocycles. The quantitative estimate of drug-likeness (QED) is 0.601. The van der Waals surface area contributed by atoms with Crippen molar-refractivity contribution < 1.29 is 9.47 Å². The van der Waals surface area contributed by atoms with Crippen LogP contribution in [0.1, 0.15) is 90.9 Å². The fraction of sp³-hybridized carbons (Fsp3) is 0.900. The minimum atomic E-state index is 0.600. The fourth-order valence-electron chi connectivity index (χ4n) is 4.01. The van der Waals surface area contributed by atoms with Gasteiger partial charge in [0.2, 0.25) is 0 Å². The Morgan fingerprint density at radius 1 is 0.727 bits per heavy atom. The highest BCUT2D eigenvalue weighted by Gasteiger charge is 2.29. The van der Waals surface area contributed by atoms with Crippen LogP contribution in [0, 0.1) is 11.8 Å². The summed E-state index contributed by atoms with van der Waals surface area (Å²) in [7, 11) is 0. The third-order valence-corrected chi connectivity index (χ3v) is 5.23. The lowest BCUT2D eigenvalue weighted by atomic mass is 9.88. The van der Waals surface area contributed by atoms with Crippen molar-refractivity contribution in [3.05, 3.63) is 11.5 Å². The summed E-state index contributed by atoms with van der Waals surface area (Å²) in [5.74, 6) is 3.70. The number of hydrogen-bond donors (Lipinski definition) is 0. The van der Waals surface area contributed by atoms with E-state index in [1.165, 1.54) is 88.6 Å². The maximum absolute atomic E-state index is 6.20. The molecule has 2 rings (SSSR count). The van der Waals surface area contributed by atoms with Gasteiger partial charge in [-0.3, -0.25) is 0 Å². The molecule has 2 nitrogen and oxygen atoms in total. The van der Waals surface area contributed by atoms with Crippen molar-refractivity contribution >= 4 is 0 Å². The Kier molecular flexibility index (Phi) is 8.18. The third kappa shape index (κ3) is 5.21.